The third kappa shape index (κ3) is 4.80. The molecule has 134 valence electrons. The molecule has 0 fully saturated rings. The summed E-state index contributed by atoms with van der Waals surface area (Å²) in [5.74, 6) is 0. The van der Waals surface area contributed by atoms with Crippen LogP contribution in [0.3, 0.4) is 0 Å². The second-order valence-corrected chi connectivity index (χ2v) is 7.14. The predicted molar refractivity (Wildman–Crippen MR) is 108 cm³/mol. The predicted octanol–water partition coefficient (Wildman–Crippen LogP) is 5.82. The van der Waals surface area contributed by atoms with Crippen molar-refractivity contribution in [2.24, 2.45) is 0 Å². The molecule has 6 heteroatoms. The van der Waals surface area contributed by atoms with E-state index in [9.17, 15) is 8.42 Å². The van der Waals surface area contributed by atoms with Crippen LogP contribution in [0.2, 0.25) is 0 Å². The van der Waals surface area contributed by atoms with Crippen molar-refractivity contribution in [3.05, 3.63) is 52.1 Å². The van der Waals surface area contributed by atoms with Gasteiger partial charge in [0.1, 0.15) is 0 Å². The molecule has 0 N–H and O–H groups in total. The number of aromatic nitrogens is 2. The smallest absolute Gasteiger partial charge is 0.236 e. The first kappa shape index (κ1) is 22.6. The summed E-state index contributed by atoms with van der Waals surface area (Å²) >= 11 is 3.35. The van der Waals surface area contributed by atoms with Crippen LogP contribution in [0.25, 0.3) is 11.0 Å². The number of hydrogen-bond donors (Lipinski definition) is 0. The fraction of sp³-hybridized carbons (Fsp3) is 0.389. The minimum absolute atomic E-state index is 0.314. The second-order valence-electron chi connectivity index (χ2n) is 4.36. The van der Waals surface area contributed by atoms with E-state index in [0.717, 1.165) is 15.4 Å². The molecule has 0 saturated heterocycles. The maximum atomic E-state index is 12.7. The first-order valence-electron chi connectivity index (χ1n) is 8.12. The molecule has 0 saturated carbocycles. The molecule has 0 radical (unpaired) electrons. The molecule has 0 atom stereocenters. The van der Waals surface area contributed by atoms with Crippen molar-refractivity contribution in [1.82, 2.24) is 8.96 Å². The van der Waals surface area contributed by atoms with Gasteiger partial charge in [-0.2, -0.15) is 0 Å². The van der Waals surface area contributed by atoms with Crippen LogP contribution in [0.15, 0.2) is 46.6 Å². The molecule has 0 aliphatic heterocycles. The molecule has 2 aromatic heterocycles. The molecule has 24 heavy (non-hydrogen) atoms. The topological polar surface area (TPSA) is 52.0 Å². The van der Waals surface area contributed by atoms with Gasteiger partial charge in [-0.25, -0.2) is 17.4 Å². The number of nitrogens with zero attached hydrogens (tertiary/aromatic N) is 2. The molecule has 0 amide bonds. The Morgan fingerprint density at radius 2 is 1.92 bits per heavy atom. The lowest BCUT2D eigenvalue weighted by molar-refractivity contribution is 0.593. The molecule has 2 rings (SSSR count). The van der Waals surface area contributed by atoms with Crippen LogP contribution < -0.4 is 0 Å². The van der Waals surface area contributed by atoms with Gasteiger partial charge in [-0.05, 0) is 47.0 Å². The molecule has 0 aromatic carbocycles. The van der Waals surface area contributed by atoms with Gasteiger partial charge in [0.05, 0.1) is 4.91 Å². The zero-order valence-electron chi connectivity index (χ0n) is 15.3. The second kappa shape index (κ2) is 10.5. The third-order valence-corrected chi connectivity index (χ3v) is 5.34. The van der Waals surface area contributed by atoms with E-state index < -0.39 is 10.0 Å². The van der Waals surface area contributed by atoms with Crippen molar-refractivity contribution in [2.75, 3.05) is 0 Å². The van der Waals surface area contributed by atoms with Crippen LogP contribution >= 0.6 is 15.9 Å². The van der Waals surface area contributed by atoms with Gasteiger partial charge in [0.25, 0.3) is 10.0 Å². The molecule has 0 unspecified atom stereocenters. The Hall–Kier alpha value is -1.40. The number of halogens is 1. The van der Waals surface area contributed by atoms with Crippen LogP contribution in [0.4, 0.5) is 0 Å². The summed E-state index contributed by atoms with van der Waals surface area (Å²) in [5.41, 5.74) is 1.31. The monoisotopic (exact) mass is 414 g/mol. The van der Waals surface area contributed by atoms with Crippen LogP contribution in [0.1, 0.15) is 46.6 Å². The van der Waals surface area contributed by atoms with Crippen molar-refractivity contribution >= 4 is 37.0 Å². The fourth-order valence-electron chi connectivity index (χ4n) is 2.03. The van der Waals surface area contributed by atoms with Crippen molar-refractivity contribution in [1.29, 1.82) is 0 Å². The number of hydrogen-bond acceptors (Lipinski definition) is 3. The lowest BCUT2D eigenvalue weighted by Gasteiger charge is -2.08. The van der Waals surface area contributed by atoms with E-state index in [1.807, 2.05) is 40.7 Å². The van der Waals surface area contributed by atoms with E-state index in [4.69, 9.17) is 0 Å². The average Bonchev–Trinajstić information content (AvgIpc) is 2.93. The van der Waals surface area contributed by atoms with Gasteiger partial charge >= 0.3 is 0 Å². The Balaban J connectivity index is 0.00000123. The van der Waals surface area contributed by atoms with Crippen molar-refractivity contribution in [2.45, 2.75) is 48.0 Å². The van der Waals surface area contributed by atoms with Crippen LogP contribution in [0.5, 0.6) is 0 Å². The van der Waals surface area contributed by atoms with Gasteiger partial charge in [0.15, 0.2) is 5.65 Å². The Morgan fingerprint density at radius 1 is 1.33 bits per heavy atom. The van der Waals surface area contributed by atoms with E-state index in [1.54, 1.807) is 19.3 Å². The number of fused-ring (bicyclic) bond motifs is 1. The highest BCUT2D eigenvalue weighted by molar-refractivity contribution is 9.10. The van der Waals surface area contributed by atoms with E-state index in [0.29, 0.717) is 17.0 Å². The summed E-state index contributed by atoms with van der Waals surface area (Å²) in [4.78, 5) is 4.54. The highest BCUT2D eigenvalue weighted by atomic mass is 79.9. The SMILES string of the molecule is C=C/C=C(\CC)S(=O)(=O)n1cc(C)c2cc(Br)cnc21.CC.CC. The molecule has 2 aromatic rings. The normalized spacial score (nSPS) is 11.2. The van der Waals surface area contributed by atoms with E-state index in [1.165, 1.54) is 16.1 Å². The molecule has 0 bridgehead atoms. The Labute approximate surface area is 154 Å². The summed E-state index contributed by atoms with van der Waals surface area (Å²) in [7, 11) is -3.60. The van der Waals surface area contributed by atoms with Crippen LogP contribution in [-0.4, -0.2) is 17.4 Å². The van der Waals surface area contributed by atoms with Crippen molar-refractivity contribution in [3.63, 3.8) is 0 Å². The molecule has 0 spiro atoms. The first-order valence-corrected chi connectivity index (χ1v) is 10.4. The minimum Gasteiger partial charge on any atom is -0.236 e. The average molecular weight is 415 g/mol. The van der Waals surface area contributed by atoms with E-state index >= 15 is 0 Å². The highest BCUT2D eigenvalue weighted by Crippen LogP contribution is 2.26. The fourth-order valence-corrected chi connectivity index (χ4v) is 3.92. The van der Waals surface area contributed by atoms with Gasteiger partial charge in [-0.3, -0.25) is 0 Å². The lowest BCUT2D eigenvalue weighted by atomic mass is 10.2. The summed E-state index contributed by atoms with van der Waals surface area (Å²) in [6.07, 6.45) is 6.61. The third-order valence-electron chi connectivity index (χ3n) is 3.02. The van der Waals surface area contributed by atoms with Gasteiger partial charge in [-0.1, -0.05) is 47.3 Å². The van der Waals surface area contributed by atoms with E-state index in [2.05, 4.69) is 27.5 Å². The summed E-state index contributed by atoms with van der Waals surface area (Å²) in [6, 6.07) is 1.87. The number of rotatable bonds is 4. The van der Waals surface area contributed by atoms with Gasteiger partial charge in [-0.15, -0.1) is 0 Å². The number of allylic oxidation sites excluding steroid dienone is 3. The quantitative estimate of drug-likeness (QED) is 0.592. The lowest BCUT2D eigenvalue weighted by Crippen LogP contribution is -2.14. The number of pyridine rings is 1. The maximum absolute atomic E-state index is 12.7. The Kier molecular flexibility index (Phi) is 9.85. The first-order chi connectivity index (χ1) is 11.4. The summed E-state index contributed by atoms with van der Waals surface area (Å²) < 4.78 is 27.4. The molecular weight excluding hydrogens is 388 g/mol. The molecular formula is C18H27BrN2O2S. The molecule has 4 nitrogen and oxygen atoms in total. The summed E-state index contributed by atoms with van der Waals surface area (Å²) in [5, 5.41) is 0.817. The van der Waals surface area contributed by atoms with Gasteiger partial charge in [0.2, 0.25) is 0 Å². The van der Waals surface area contributed by atoms with Crippen LogP contribution in [0, 0.1) is 6.92 Å². The largest absolute Gasteiger partial charge is 0.265 e. The Morgan fingerprint density at radius 3 is 2.42 bits per heavy atom. The minimum atomic E-state index is -3.60. The maximum Gasteiger partial charge on any atom is 0.265 e. The Bertz CT molecular complexity index is 806. The van der Waals surface area contributed by atoms with Crippen molar-refractivity contribution in [3.8, 4) is 0 Å². The standard InChI is InChI=1S/C14H15BrN2O2S.2C2H6/c1-4-6-12(5-2)20(18,19)17-9-10(3)13-7-11(15)8-16-14(13)17;2*1-2/h4,6-9H,1,5H2,2-3H3;2*1-2H3/b12-6+;;. The van der Waals surface area contributed by atoms with Crippen molar-refractivity contribution < 1.29 is 8.42 Å². The zero-order valence-corrected chi connectivity index (χ0v) is 17.7. The molecule has 0 aliphatic rings. The zero-order chi connectivity index (χ0) is 18.9. The van der Waals surface area contributed by atoms with Gasteiger partial charge < -0.3 is 0 Å². The summed E-state index contributed by atoms with van der Waals surface area (Å²) in [6.45, 7) is 15.2. The highest BCUT2D eigenvalue weighted by Gasteiger charge is 2.22. The molecule has 0 aliphatic carbocycles. The molecule has 2 heterocycles. The van der Waals surface area contributed by atoms with Gasteiger partial charge in [0, 0.05) is 22.3 Å². The van der Waals surface area contributed by atoms with Crippen LogP contribution in [-0.2, 0) is 10.0 Å². The van der Waals surface area contributed by atoms with E-state index in [-0.39, 0.29) is 0 Å². The number of aryl methyl sites for hydroxylation is 1.